The molecule has 0 atom stereocenters. The molecule has 0 heterocycles. The standard InChI is InChI=1S/2C18H12F3OP.H2O2/c2*19-13-1-7-16(8-2-13)23(22,17-9-3-14(20)4-10-17)18-11-5-15(21)6-12-18;1-2/h2*1-12H;1-2H. The first-order valence-corrected chi connectivity index (χ1v) is 17.4. The van der Waals surface area contributed by atoms with E-state index in [2.05, 4.69) is 0 Å². The second-order valence-electron chi connectivity index (χ2n) is 10.1. The molecule has 0 aliphatic carbocycles. The molecule has 4 nitrogen and oxygen atoms in total. The molecule has 0 radical (unpaired) electrons. The molecule has 0 unspecified atom stereocenters. The van der Waals surface area contributed by atoms with Gasteiger partial charge in [-0.05, 0) is 146 Å². The van der Waals surface area contributed by atoms with Gasteiger partial charge in [-0.15, -0.1) is 0 Å². The van der Waals surface area contributed by atoms with Crippen molar-refractivity contribution in [2.75, 3.05) is 0 Å². The van der Waals surface area contributed by atoms with Gasteiger partial charge in [0.05, 0.1) is 0 Å². The van der Waals surface area contributed by atoms with Gasteiger partial charge in [-0.2, -0.15) is 0 Å². The van der Waals surface area contributed by atoms with Gasteiger partial charge < -0.3 is 9.13 Å². The third-order valence-electron chi connectivity index (χ3n) is 7.14. The summed E-state index contributed by atoms with van der Waals surface area (Å²) in [7, 11) is -6.67. The van der Waals surface area contributed by atoms with E-state index in [1.54, 1.807) is 0 Å². The fraction of sp³-hybridized carbons (Fsp3) is 0. The van der Waals surface area contributed by atoms with Crippen LogP contribution in [-0.2, 0) is 9.13 Å². The van der Waals surface area contributed by atoms with Gasteiger partial charge in [0.25, 0.3) is 0 Å². The molecule has 48 heavy (non-hydrogen) atoms. The summed E-state index contributed by atoms with van der Waals surface area (Å²) in [4.78, 5) is 0. The predicted molar refractivity (Wildman–Crippen MR) is 177 cm³/mol. The van der Waals surface area contributed by atoms with Crippen molar-refractivity contribution in [1.82, 2.24) is 0 Å². The summed E-state index contributed by atoms with van der Waals surface area (Å²) in [6.07, 6.45) is 0. The van der Waals surface area contributed by atoms with Crippen LogP contribution in [0.25, 0.3) is 0 Å². The van der Waals surface area contributed by atoms with E-state index in [4.69, 9.17) is 10.5 Å². The van der Waals surface area contributed by atoms with Crippen LogP contribution in [0.4, 0.5) is 26.3 Å². The Morgan fingerprint density at radius 2 is 0.375 bits per heavy atom. The fourth-order valence-electron chi connectivity index (χ4n) is 4.80. The zero-order valence-electron chi connectivity index (χ0n) is 24.7. The lowest BCUT2D eigenvalue weighted by molar-refractivity contribution is -0.176. The van der Waals surface area contributed by atoms with Crippen molar-refractivity contribution in [3.8, 4) is 0 Å². The lowest BCUT2D eigenvalue weighted by Crippen LogP contribution is -2.25. The Morgan fingerprint density at radius 1 is 0.271 bits per heavy atom. The van der Waals surface area contributed by atoms with E-state index in [1.807, 2.05) is 0 Å². The van der Waals surface area contributed by atoms with Gasteiger partial charge in [-0.1, -0.05) is 0 Å². The summed E-state index contributed by atoms with van der Waals surface area (Å²) in [5.41, 5.74) is 0. The molecule has 6 rings (SSSR count). The number of hydrogen-bond donors (Lipinski definition) is 2. The summed E-state index contributed by atoms with van der Waals surface area (Å²) < 4.78 is 107. The smallest absolute Gasteiger partial charge is 0.171 e. The molecule has 0 amide bonds. The third kappa shape index (κ3) is 8.04. The molecule has 0 spiro atoms. The Bertz CT molecular complexity index is 1640. The fourth-order valence-corrected chi connectivity index (χ4v) is 10.0. The number of benzene rings is 6. The van der Waals surface area contributed by atoms with Gasteiger partial charge >= 0.3 is 0 Å². The Kier molecular flexibility index (Phi) is 12.0. The lowest BCUT2D eigenvalue weighted by atomic mass is 10.3. The second-order valence-corrected chi connectivity index (χ2v) is 15.6. The minimum Gasteiger partial charge on any atom is -0.309 e. The largest absolute Gasteiger partial charge is 0.309 e. The number of halogens is 6. The topological polar surface area (TPSA) is 74.6 Å². The first-order valence-electron chi connectivity index (χ1n) is 14.0. The molecule has 6 aromatic rings. The first kappa shape index (κ1) is 36.1. The molecule has 0 saturated heterocycles. The zero-order chi connectivity index (χ0) is 34.9. The third-order valence-corrected chi connectivity index (χ3v) is 13.3. The Balaban J connectivity index is 0.000000206. The van der Waals surface area contributed by atoms with Gasteiger partial charge in [0.2, 0.25) is 0 Å². The maximum absolute atomic E-state index is 13.8. The van der Waals surface area contributed by atoms with Crippen LogP contribution in [0.15, 0.2) is 146 Å². The van der Waals surface area contributed by atoms with Crippen molar-refractivity contribution >= 4 is 46.1 Å². The van der Waals surface area contributed by atoms with E-state index in [0.717, 1.165) is 0 Å². The van der Waals surface area contributed by atoms with E-state index in [9.17, 15) is 35.5 Å². The highest BCUT2D eigenvalue weighted by Crippen LogP contribution is 2.43. The van der Waals surface area contributed by atoms with Crippen LogP contribution >= 0.6 is 14.3 Å². The highest BCUT2D eigenvalue weighted by Gasteiger charge is 2.31. The minimum atomic E-state index is -3.34. The average molecular weight is 699 g/mol. The molecular weight excluding hydrogens is 672 g/mol. The molecule has 0 saturated carbocycles. The molecule has 0 bridgehead atoms. The molecule has 0 fully saturated rings. The Morgan fingerprint density at radius 3 is 0.479 bits per heavy atom. The molecule has 246 valence electrons. The molecular formula is C36H26F6O4P2. The van der Waals surface area contributed by atoms with Gasteiger partial charge in [-0.25, -0.2) is 26.3 Å². The van der Waals surface area contributed by atoms with E-state index < -0.39 is 49.2 Å². The predicted octanol–water partition coefficient (Wildman–Crippen LogP) is 7.50. The summed E-state index contributed by atoms with van der Waals surface area (Å²) in [5.74, 6) is -2.67. The van der Waals surface area contributed by atoms with E-state index in [0.29, 0.717) is 31.8 Å². The van der Waals surface area contributed by atoms with Gasteiger partial charge in [-0.3, -0.25) is 10.5 Å². The first-order chi connectivity index (χ1) is 23.0. The van der Waals surface area contributed by atoms with Crippen LogP contribution in [0, 0.1) is 34.9 Å². The van der Waals surface area contributed by atoms with Crippen molar-refractivity contribution in [1.29, 1.82) is 0 Å². The van der Waals surface area contributed by atoms with Crippen molar-refractivity contribution in [3.05, 3.63) is 180 Å². The summed E-state index contributed by atoms with van der Waals surface area (Å²) in [5, 5.41) is 14.4. The van der Waals surface area contributed by atoms with E-state index >= 15 is 0 Å². The molecule has 0 aromatic heterocycles. The Hall–Kier alpha value is -4.72. The maximum Gasteiger partial charge on any atom is 0.171 e. The minimum absolute atomic E-state index is 0.400. The molecule has 2 N–H and O–H groups in total. The van der Waals surface area contributed by atoms with Crippen molar-refractivity contribution < 1.29 is 46.0 Å². The summed E-state index contributed by atoms with van der Waals surface area (Å²) in [6.45, 7) is 0. The summed E-state index contributed by atoms with van der Waals surface area (Å²) >= 11 is 0. The van der Waals surface area contributed by atoms with Crippen LogP contribution in [0.5, 0.6) is 0 Å². The molecule has 6 aromatic carbocycles. The van der Waals surface area contributed by atoms with Gasteiger partial charge in [0.15, 0.2) is 14.3 Å². The zero-order valence-corrected chi connectivity index (χ0v) is 26.5. The molecule has 0 aliphatic heterocycles. The molecule has 0 aliphatic rings. The maximum atomic E-state index is 13.8. The normalized spacial score (nSPS) is 11.1. The summed E-state index contributed by atoms with van der Waals surface area (Å²) in [6, 6.07) is 31.8. The number of hydrogen-bond acceptors (Lipinski definition) is 4. The lowest BCUT2D eigenvalue weighted by Gasteiger charge is -2.20. The van der Waals surface area contributed by atoms with Crippen LogP contribution in [0.3, 0.4) is 0 Å². The monoisotopic (exact) mass is 698 g/mol. The quantitative estimate of drug-likeness (QED) is 0.0818. The second kappa shape index (κ2) is 15.9. The van der Waals surface area contributed by atoms with Crippen LogP contribution in [-0.4, -0.2) is 10.5 Å². The van der Waals surface area contributed by atoms with Crippen molar-refractivity contribution in [2.24, 2.45) is 0 Å². The van der Waals surface area contributed by atoms with Crippen LogP contribution in [0.2, 0.25) is 0 Å². The highest BCUT2D eigenvalue weighted by atomic mass is 31.2. The average Bonchev–Trinajstić information content (AvgIpc) is 3.10. The van der Waals surface area contributed by atoms with Crippen LogP contribution in [0.1, 0.15) is 0 Å². The highest BCUT2D eigenvalue weighted by molar-refractivity contribution is 7.85. The van der Waals surface area contributed by atoms with Gasteiger partial charge in [0.1, 0.15) is 34.9 Å². The van der Waals surface area contributed by atoms with E-state index in [-0.39, 0.29) is 0 Å². The van der Waals surface area contributed by atoms with E-state index in [1.165, 1.54) is 146 Å². The SMILES string of the molecule is O=P(c1ccc(F)cc1)(c1ccc(F)cc1)c1ccc(F)cc1.O=P(c1ccc(F)cc1)(c1ccc(F)cc1)c1ccc(F)cc1.OO. The Labute approximate surface area is 272 Å². The number of rotatable bonds is 6. The van der Waals surface area contributed by atoms with Crippen LogP contribution < -0.4 is 31.8 Å². The van der Waals surface area contributed by atoms with Crippen molar-refractivity contribution in [3.63, 3.8) is 0 Å². The van der Waals surface area contributed by atoms with Crippen molar-refractivity contribution in [2.45, 2.75) is 0 Å². The van der Waals surface area contributed by atoms with Gasteiger partial charge in [0, 0.05) is 31.8 Å². The molecule has 12 heteroatoms.